The molecule has 0 aromatic carbocycles. The monoisotopic (exact) mass is 140 g/mol. The Morgan fingerprint density at radius 1 is 1.20 bits per heavy atom. The molecule has 0 aromatic heterocycles. The van der Waals surface area contributed by atoms with Gasteiger partial charge in [0.2, 0.25) is 0 Å². The second-order valence-corrected chi connectivity index (χ2v) is 2.62. The van der Waals surface area contributed by atoms with Crippen LogP contribution in [0, 0.1) is 0 Å². The van der Waals surface area contributed by atoms with Crippen molar-refractivity contribution in [3.05, 3.63) is 23.3 Å². The molecule has 0 rings (SSSR count). The summed E-state index contributed by atoms with van der Waals surface area (Å²) < 4.78 is 0. The van der Waals surface area contributed by atoms with Gasteiger partial charge in [0.25, 0.3) is 0 Å². The Morgan fingerprint density at radius 3 is 2.00 bits per heavy atom. The van der Waals surface area contributed by atoms with E-state index in [1.165, 1.54) is 11.1 Å². The van der Waals surface area contributed by atoms with Crippen molar-refractivity contribution in [2.24, 2.45) is 0 Å². The maximum absolute atomic E-state index is 2.25. The zero-order chi connectivity index (χ0) is 7.28. The summed E-state index contributed by atoms with van der Waals surface area (Å²) in [5.74, 6) is 0. The Labute approximate surface area is 65.7 Å². The highest BCUT2D eigenvalue weighted by Crippen LogP contribution is 2.02. The Bertz CT molecular complexity index is 123. The predicted molar refractivity (Wildman–Crippen MR) is 50.2 cm³/mol. The van der Waals surface area contributed by atoms with Crippen molar-refractivity contribution in [2.45, 2.75) is 41.5 Å². The summed E-state index contributed by atoms with van der Waals surface area (Å²) in [6.45, 7) is 8.49. The molecule has 0 fully saturated rings. The normalized spacial score (nSPS) is 10.2. The lowest BCUT2D eigenvalue weighted by Gasteiger charge is -1.92. The molecule has 10 heavy (non-hydrogen) atoms. The molecule has 0 heterocycles. The first-order chi connectivity index (χ1) is 4.16. The molecule has 0 atom stereocenters. The van der Waals surface area contributed by atoms with Gasteiger partial charge in [-0.15, -0.1) is 0 Å². The van der Waals surface area contributed by atoms with Gasteiger partial charge in [-0.1, -0.05) is 30.7 Å². The molecule has 0 bridgehead atoms. The molecule has 60 valence electrons. The Hall–Kier alpha value is -0.520. The third-order valence-corrected chi connectivity index (χ3v) is 1.33. The lowest BCUT2D eigenvalue weighted by molar-refractivity contribution is 1.16. The minimum atomic E-state index is 0. The van der Waals surface area contributed by atoms with Crippen LogP contribution >= 0.6 is 0 Å². The van der Waals surface area contributed by atoms with Gasteiger partial charge in [0.05, 0.1) is 0 Å². The van der Waals surface area contributed by atoms with E-state index in [2.05, 4.69) is 39.8 Å². The van der Waals surface area contributed by atoms with Gasteiger partial charge in [-0.25, -0.2) is 0 Å². The van der Waals surface area contributed by atoms with E-state index in [0.29, 0.717) is 0 Å². The molecular weight excluding hydrogens is 120 g/mol. The molecule has 0 nitrogen and oxygen atoms in total. The average molecular weight is 140 g/mol. The van der Waals surface area contributed by atoms with Gasteiger partial charge in [-0.2, -0.15) is 0 Å². The van der Waals surface area contributed by atoms with Gasteiger partial charge in [0.15, 0.2) is 0 Å². The largest absolute Gasteiger partial charge is 0.0884 e. The highest BCUT2D eigenvalue weighted by Gasteiger charge is 1.81. The smallest absolute Gasteiger partial charge is 0.0139 e. The van der Waals surface area contributed by atoms with E-state index in [4.69, 9.17) is 0 Å². The van der Waals surface area contributed by atoms with E-state index in [0.717, 1.165) is 6.42 Å². The van der Waals surface area contributed by atoms with E-state index in [1.54, 1.807) is 0 Å². The Kier molecular flexibility index (Phi) is 8.04. The molecule has 0 unspecified atom stereocenters. The molecule has 0 saturated heterocycles. The zero-order valence-corrected chi connectivity index (χ0v) is 6.86. The predicted octanol–water partition coefficient (Wildman–Crippen LogP) is 3.95. The lowest BCUT2D eigenvalue weighted by atomic mass is 10.1. The first-order valence-electron chi connectivity index (χ1n) is 3.42. The fraction of sp³-hybridized carbons (Fsp3) is 0.600. The highest BCUT2D eigenvalue weighted by molar-refractivity contribution is 5.06. The van der Waals surface area contributed by atoms with E-state index >= 15 is 0 Å². The molecule has 0 aliphatic carbocycles. The maximum Gasteiger partial charge on any atom is -0.0139 e. The van der Waals surface area contributed by atoms with Gasteiger partial charge < -0.3 is 0 Å². The Morgan fingerprint density at radius 2 is 1.70 bits per heavy atom. The van der Waals surface area contributed by atoms with E-state index in [1.807, 2.05) is 0 Å². The SMILES string of the molecule is C.C/C=C(/C)CC=C(C)C. The molecule has 0 aliphatic rings. The molecular formula is C10H20. The van der Waals surface area contributed by atoms with Crippen LogP contribution < -0.4 is 0 Å². The van der Waals surface area contributed by atoms with Crippen molar-refractivity contribution in [2.75, 3.05) is 0 Å². The molecule has 0 N–H and O–H groups in total. The van der Waals surface area contributed by atoms with Gasteiger partial charge in [0, 0.05) is 0 Å². The third-order valence-electron chi connectivity index (χ3n) is 1.33. The summed E-state index contributed by atoms with van der Waals surface area (Å²) in [5, 5.41) is 0. The summed E-state index contributed by atoms with van der Waals surface area (Å²) in [6.07, 6.45) is 5.51. The molecule has 0 aliphatic heterocycles. The summed E-state index contributed by atoms with van der Waals surface area (Å²) in [7, 11) is 0. The lowest BCUT2D eigenvalue weighted by Crippen LogP contribution is -1.71. The first-order valence-corrected chi connectivity index (χ1v) is 3.42. The number of allylic oxidation sites excluding steroid dienone is 4. The summed E-state index contributed by atoms with van der Waals surface area (Å²) in [4.78, 5) is 0. The van der Waals surface area contributed by atoms with Crippen LogP contribution in [0.15, 0.2) is 23.3 Å². The maximum atomic E-state index is 2.25. The number of hydrogen-bond donors (Lipinski definition) is 0. The molecule has 0 spiro atoms. The summed E-state index contributed by atoms with van der Waals surface area (Å²) in [6, 6.07) is 0. The van der Waals surface area contributed by atoms with Crippen molar-refractivity contribution in [3.8, 4) is 0 Å². The van der Waals surface area contributed by atoms with Crippen LogP contribution in [0.2, 0.25) is 0 Å². The van der Waals surface area contributed by atoms with E-state index in [-0.39, 0.29) is 7.43 Å². The van der Waals surface area contributed by atoms with Crippen LogP contribution in [0.1, 0.15) is 41.5 Å². The van der Waals surface area contributed by atoms with Crippen molar-refractivity contribution in [1.29, 1.82) is 0 Å². The van der Waals surface area contributed by atoms with Gasteiger partial charge >= 0.3 is 0 Å². The minimum absolute atomic E-state index is 0. The fourth-order valence-electron chi connectivity index (χ4n) is 0.483. The minimum Gasteiger partial charge on any atom is -0.0884 e. The topological polar surface area (TPSA) is 0 Å². The third kappa shape index (κ3) is 7.48. The summed E-state index contributed by atoms with van der Waals surface area (Å²) >= 11 is 0. The van der Waals surface area contributed by atoms with Crippen LogP contribution in [0.3, 0.4) is 0 Å². The second-order valence-electron chi connectivity index (χ2n) is 2.62. The fourth-order valence-corrected chi connectivity index (χ4v) is 0.483. The van der Waals surface area contributed by atoms with Gasteiger partial charge in [0.1, 0.15) is 0 Å². The zero-order valence-electron chi connectivity index (χ0n) is 6.86. The summed E-state index contributed by atoms with van der Waals surface area (Å²) in [5.41, 5.74) is 2.84. The van der Waals surface area contributed by atoms with Crippen LogP contribution in [-0.4, -0.2) is 0 Å². The van der Waals surface area contributed by atoms with Gasteiger partial charge in [-0.05, 0) is 34.1 Å². The molecule has 0 heteroatoms. The van der Waals surface area contributed by atoms with Crippen LogP contribution in [0.4, 0.5) is 0 Å². The van der Waals surface area contributed by atoms with Crippen LogP contribution in [0.5, 0.6) is 0 Å². The quantitative estimate of drug-likeness (QED) is 0.509. The number of rotatable bonds is 2. The Balaban J connectivity index is 0. The average Bonchev–Trinajstić information content (AvgIpc) is 1.83. The number of hydrogen-bond acceptors (Lipinski definition) is 0. The van der Waals surface area contributed by atoms with Crippen LogP contribution in [-0.2, 0) is 0 Å². The standard InChI is InChI=1S/C9H16.CH4/c1-5-9(4)7-6-8(2)3;/h5-6H,7H2,1-4H3;1H4/b9-5-;. The molecule has 0 aromatic rings. The van der Waals surface area contributed by atoms with Crippen LogP contribution in [0.25, 0.3) is 0 Å². The highest BCUT2D eigenvalue weighted by atomic mass is 13.9. The van der Waals surface area contributed by atoms with Gasteiger partial charge in [-0.3, -0.25) is 0 Å². The first kappa shape index (κ1) is 12.2. The molecule has 0 saturated carbocycles. The second kappa shape index (κ2) is 6.60. The van der Waals surface area contributed by atoms with Crippen molar-refractivity contribution >= 4 is 0 Å². The molecule has 0 radical (unpaired) electrons. The van der Waals surface area contributed by atoms with Crippen molar-refractivity contribution < 1.29 is 0 Å². The van der Waals surface area contributed by atoms with E-state index < -0.39 is 0 Å². The van der Waals surface area contributed by atoms with Crippen molar-refractivity contribution in [1.82, 2.24) is 0 Å². The van der Waals surface area contributed by atoms with E-state index in [9.17, 15) is 0 Å². The van der Waals surface area contributed by atoms with Crippen molar-refractivity contribution in [3.63, 3.8) is 0 Å². The molecule has 0 amide bonds.